The highest BCUT2D eigenvalue weighted by atomic mass is 16.5. The first-order chi connectivity index (χ1) is 12.7. The topological polar surface area (TPSA) is 67.3 Å². The molecule has 1 amide bonds. The summed E-state index contributed by atoms with van der Waals surface area (Å²) in [6.45, 7) is 5.43. The third kappa shape index (κ3) is 5.52. The molecular formula is C20H26N4O2. The lowest BCUT2D eigenvalue weighted by molar-refractivity contribution is -0.121. The van der Waals surface area contributed by atoms with Gasteiger partial charge in [-0.2, -0.15) is 0 Å². The zero-order valence-electron chi connectivity index (χ0n) is 15.3. The molecule has 6 nitrogen and oxygen atoms in total. The number of hydrogen-bond donors (Lipinski definition) is 1. The Morgan fingerprint density at radius 3 is 2.73 bits per heavy atom. The van der Waals surface area contributed by atoms with Crippen molar-refractivity contribution in [3.8, 4) is 0 Å². The zero-order valence-corrected chi connectivity index (χ0v) is 15.3. The first-order valence-electron chi connectivity index (χ1n) is 9.18. The van der Waals surface area contributed by atoms with Crippen LogP contribution in [0.4, 0.5) is 5.82 Å². The van der Waals surface area contributed by atoms with Gasteiger partial charge in [0.2, 0.25) is 5.91 Å². The van der Waals surface area contributed by atoms with Crippen molar-refractivity contribution in [2.45, 2.75) is 32.7 Å². The summed E-state index contributed by atoms with van der Waals surface area (Å²) in [5, 5.41) is 2.94. The van der Waals surface area contributed by atoms with Gasteiger partial charge < -0.3 is 15.0 Å². The molecule has 3 rings (SSSR count). The highest BCUT2D eigenvalue weighted by Gasteiger charge is 2.14. The van der Waals surface area contributed by atoms with Crippen LogP contribution in [0, 0.1) is 6.92 Å². The summed E-state index contributed by atoms with van der Waals surface area (Å²) in [6.07, 6.45) is 2.26. The maximum absolute atomic E-state index is 12.1. The Balaban J connectivity index is 1.47. The number of nitrogens with zero attached hydrogens (tertiary/aromatic N) is 3. The van der Waals surface area contributed by atoms with E-state index in [0.29, 0.717) is 18.8 Å². The molecule has 1 fully saturated rings. The fraction of sp³-hybridized carbons (Fsp3) is 0.450. The molecule has 0 radical (unpaired) electrons. The van der Waals surface area contributed by atoms with Gasteiger partial charge >= 0.3 is 0 Å². The van der Waals surface area contributed by atoms with Crippen LogP contribution in [-0.4, -0.2) is 42.2 Å². The second-order valence-electron chi connectivity index (χ2n) is 6.50. The summed E-state index contributed by atoms with van der Waals surface area (Å²) < 4.78 is 5.39. The van der Waals surface area contributed by atoms with E-state index >= 15 is 0 Å². The molecule has 2 aromatic rings. The summed E-state index contributed by atoms with van der Waals surface area (Å²) in [7, 11) is 0. The number of amides is 1. The van der Waals surface area contributed by atoms with Gasteiger partial charge in [0.05, 0.1) is 19.8 Å². The second kappa shape index (κ2) is 9.29. The summed E-state index contributed by atoms with van der Waals surface area (Å²) in [5.74, 6) is 1.61. The van der Waals surface area contributed by atoms with Crippen molar-refractivity contribution in [3.05, 3.63) is 53.5 Å². The molecule has 6 heteroatoms. The lowest BCUT2D eigenvalue weighted by atomic mass is 10.1. The SMILES string of the molecule is Cc1cc(N2CCOCC2)nc(CNC(=O)CCCc2ccccc2)n1. The number of aromatic nitrogens is 2. The van der Waals surface area contributed by atoms with Crippen LogP contribution < -0.4 is 10.2 Å². The minimum Gasteiger partial charge on any atom is -0.378 e. The average molecular weight is 354 g/mol. The average Bonchev–Trinajstić information content (AvgIpc) is 2.67. The molecule has 1 aliphatic heterocycles. The molecule has 0 atom stereocenters. The third-order valence-electron chi connectivity index (χ3n) is 4.38. The Morgan fingerprint density at radius 2 is 1.96 bits per heavy atom. The van der Waals surface area contributed by atoms with E-state index in [2.05, 4.69) is 32.3 Å². The Bertz CT molecular complexity index is 715. The number of anilines is 1. The van der Waals surface area contributed by atoms with Crippen molar-refractivity contribution < 1.29 is 9.53 Å². The number of ether oxygens (including phenoxy) is 1. The molecule has 0 saturated carbocycles. The number of nitrogens with one attached hydrogen (secondary N) is 1. The summed E-state index contributed by atoms with van der Waals surface area (Å²) in [6, 6.07) is 12.2. The quantitative estimate of drug-likeness (QED) is 0.826. The highest BCUT2D eigenvalue weighted by Crippen LogP contribution is 2.14. The van der Waals surface area contributed by atoms with E-state index in [0.717, 1.165) is 50.7 Å². The molecule has 2 heterocycles. The van der Waals surface area contributed by atoms with Crippen molar-refractivity contribution in [2.75, 3.05) is 31.2 Å². The van der Waals surface area contributed by atoms with Crippen molar-refractivity contribution in [2.24, 2.45) is 0 Å². The van der Waals surface area contributed by atoms with E-state index in [1.54, 1.807) is 0 Å². The van der Waals surface area contributed by atoms with Crippen molar-refractivity contribution in [3.63, 3.8) is 0 Å². The van der Waals surface area contributed by atoms with Crippen LogP contribution in [0.15, 0.2) is 36.4 Å². The van der Waals surface area contributed by atoms with E-state index in [1.165, 1.54) is 5.56 Å². The molecule has 1 aliphatic rings. The smallest absolute Gasteiger partial charge is 0.220 e. The molecule has 1 saturated heterocycles. The summed E-state index contributed by atoms with van der Waals surface area (Å²) in [5.41, 5.74) is 2.17. The standard InChI is InChI=1S/C20H26N4O2/c1-16-14-19(24-10-12-26-13-11-24)23-18(22-16)15-21-20(25)9-5-8-17-6-3-2-4-7-17/h2-4,6-7,14H,5,8-13,15H2,1H3,(H,21,25). The molecule has 0 spiro atoms. The molecule has 0 aliphatic carbocycles. The molecule has 138 valence electrons. The van der Waals surface area contributed by atoms with Crippen LogP contribution in [0.2, 0.25) is 0 Å². The van der Waals surface area contributed by atoms with Gasteiger partial charge in [0.25, 0.3) is 0 Å². The number of morpholine rings is 1. The monoisotopic (exact) mass is 354 g/mol. The molecule has 1 aromatic carbocycles. The van der Waals surface area contributed by atoms with Gasteiger partial charge in [-0.25, -0.2) is 9.97 Å². The maximum Gasteiger partial charge on any atom is 0.220 e. The van der Waals surface area contributed by atoms with Crippen molar-refractivity contribution in [1.82, 2.24) is 15.3 Å². The predicted octanol–water partition coefficient (Wildman–Crippen LogP) is 2.26. The lowest BCUT2D eigenvalue weighted by Crippen LogP contribution is -2.37. The Labute approximate surface area is 154 Å². The largest absolute Gasteiger partial charge is 0.378 e. The van der Waals surface area contributed by atoms with Crippen LogP contribution in [0.1, 0.15) is 29.9 Å². The van der Waals surface area contributed by atoms with Crippen molar-refractivity contribution in [1.29, 1.82) is 0 Å². The number of aryl methyl sites for hydroxylation is 2. The van der Waals surface area contributed by atoms with Gasteiger partial charge in [-0.05, 0) is 25.3 Å². The Hall–Kier alpha value is -2.47. The van der Waals surface area contributed by atoms with Gasteiger partial charge in [-0.15, -0.1) is 0 Å². The molecule has 1 aromatic heterocycles. The predicted molar refractivity (Wildman–Crippen MR) is 101 cm³/mol. The summed E-state index contributed by atoms with van der Waals surface area (Å²) in [4.78, 5) is 23.3. The second-order valence-corrected chi connectivity index (χ2v) is 6.50. The molecular weight excluding hydrogens is 328 g/mol. The number of rotatable bonds is 7. The molecule has 0 unspecified atom stereocenters. The zero-order chi connectivity index (χ0) is 18.2. The number of benzene rings is 1. The minimum absolute atomic E-state index is 0.0407. The number of hydrogen-bond acceptors (Lipinski definition) is 5. The molecule has 1 N–H and O–H groups in total. The van der Waals surface area contributed by atoms with Crippen LogP contribution in [-0.2, 0) is 22.5 Å². The molecule has 0 bridgehead atoms. The molecule has 26 heavy (non-hydrogen) atoms. The fourth-order valence-corrected chi connectivity index (χ4v) is 3.01. The van der Waals surface area contributed by atoms with Gasteiger partial charge in [0.1, 0.15) is 11.6 Å². The van der Waals surface area contributed by atoms with E-state index in [4.69, 9.17) is 4.74 Å². The van der Waals surface area contributed by atoms with E-state index < -0.39 is 0 Å². The first-order valence-corrected chi connectivity index (χ1v) is 9.18. The van der Waals surface area contributed by atoms with E-state index in [9.17, 15) is 4.79 Å². The van der Waals surface area contributed by atoms with E-state index in [1.807, 2.05) is 31.2 Å². The highest BCUT2D eigenvalue weighted by molar-refractivity contribution is 5.75. The third-order valence-corrected chi connectivity index (χ3v) is 4.38. The van der Waals surface area contributed by atoms with Gasteiger partial charge in [0, 0.05) is 31.3 Å². The van der Waals surface area contributed by atoms with Gasteiger partial charge in [-0.3, -0.25) is 4.79 Å². The van der Waals surface area contributed by atoms with E-state index in [-0.39, 0.29) is 5.91 Å². The lowest BCUT2D eigenvalue weighted by Gasteiger charge is -2.28. The Morgan fingerprint density at radius 1 is 1.19 bits per heavy atom. The van der Waals surface area contributed by atoms with Gasteiger partial charge in [-0.1, -0.05) is 30.3 Å². The summed E-state index contributed by atoms with van der Waals surface area (Å²) >= 11 is 0. The number of carbonyl (C=O) groups excluding carboxylic acids is 1. The fourth-order valence-electron chi connectivity index (χ4n) is 3.01. The van der Waals surface area contributed by atoms with Gasteiger partial charge in [0.15, 0.2) is 0 Å². The van der Waals surface area contributed by atoms with Crippen LogP contribution in [0.5, 0.6) is 0 Å². The maximum atomic E-state index is 12.1. The first kappa shape index (κ1) is 18.3. The minimum atomic E-state index is 0.0407. The van der Waals surface area contributed by atoms with Crippen LogP contribution in [0.3, 0.4) is 0 Å². The van der Waals surface area contributed by atoms with Crippen LogP contribution >= 0.6 is 0 Å². The Kier molecular flexibility index (Phi) is 6.55. The normalized spacial score (nSPS) is 14.3. The van der Waals surface area contributed by atoms with Crippen LogP contribution in [0.25, 0.3) is 0 Å². The number of carbonyl (C=O) groups is 1. The van der Waals surface area contributed by atoms with Crippen molar-refractivity contribution >= 4 is 11.7 Å².